The van der Waals surface area contributed by atoms with Crippen molar-refractivity contribution < 1.29 is 9.31 Å². The molecule has 1 aromatic heterocycles. The smallest absolute Gasteiger partial charge is 0.287 e. The van der Waals surface area contributed by atoms with E-state index in [0.717, 1.165) is 37.4 Å². The molecule has 2 aromatic rings. The van der Waals surface area contributed by atoms with Crippen molar-refractivity contribution in [2.75, 3.05) is 23.3 Å². The van der Waals surface area contributed by atoms with Crippen molar-refractivity contribution >= 4 is 17.2 Å². The number of nitrogens with zero attached hydrogens (tertiary/aromatic N) is 3. The lowest BCUT2D eigenvalue weighted by molar-refractivity contribution is -0.385. The Labute approximate surface area is 133 Å². The van der Waals surface area contributed by atoms with Crippen LogP contribution in [0.1, 0.15) is 12.8 Å². The van der Waals surface area contributed by atoms with E-state index in [9.17, 15) is 14.5 Å². The Kier molecular flexibility index (Phi) is 4.36. The average Bonchev–Trinajstić information content (AvgIpc) is 2.58. The van der Waals surface area contributed by atoms with Crippen LogP contribution in [-0.2, 0) is 0 Å². The zero-order valence-corrected chi connectivity index (χ0v) is 12.5. The van der Waals surface area contributed by atoms with Gasteiger partial charge in [-0.15, -0.1) is 0 Å². The van der Waals surface area contributed by atoms with Crippen molar-refractivity contribution in [2.24, 2.45) is 0 Å². The van der Waals surface area contributed by atoms with Crippen molar-refractivity contribution in [1.82, 2.24) is 4.98 Å². The van der Waals surface area contributed by atoms with E-state index < -0.39 is 4.92 Å². The molecule has 1 aliphatic rings. The predicted molar refractivity (Wildman–Crippen MR) is 86.1 cm³/mol. The first-order chi connectivity index (χ1) is 11.1. The molecule has 0 spiro atoms. The third-order valence-corrected chi connectivity index (χ3v) is 3.98. The number of nitro groups is 1. The summed E-state index contributed by atoms with van der Waals surface area (Å²) in [5, 5.41) is 14.0. The summed E-state index contributed by atoms with van der Waals surface area (Å²) >= 11 is 0. The standard InChI is InChI=1S/C16H17FN4O2/c17-12-1-3-13(4-2-12)19-14-7-9-20(10-8-14)16-6-5-15(11-18-16)21(22)23/h1-6,11,14,19H,7-10H2. The summed E-state index contributed by atoms with van der Waals surface area (Å²) in [6.45, 7) is 1.65. The molecule has 6 nitrogen and oxygen atoms in total. The van der Waals surface area contributed by atoms with Gasteiger partial charge in [-0.05, 0) is 43.2 Å². The predicted octanol–water partition coefficient (Wildman–Crippen LogP) is 3.21. The van der Waals surface area contributed by atoms with Crippen LogP contribution in [0.5, 0.6) is 0 Å². The Morgan fingerprint density at radius 3 is 2.43 bits per heavy atom. The monoisotopic (exact) mass is 316 g/mol. The third kappa shape index (κ3) is 3.74. The number of hydrogen-bond acceptors (Lipinski definition) is 5. The largest absolute Gasteiger partial charge is 0.382 e. The van der Waals surface area contributed by atoms with Crippen LogP contribution in [0.3, 0.4) is 0 Å². The minimum Gasteiger partial charge on any atom is -0.382 e. The van der Waals surface area contributed by atoms with Crippen LogP contribution in [0.4, 0.5) is 21.6 Å². The second-order valence-electron chi connectivity index (χ2n) is 5.54. The second-order valence-corrected chi connectivity index (χ2v) is 5.54. The number of pyridine rings is 1. The molecule has 3 rings (SSSR count). The molecule has 120 valence electrons. The lowest BCUT2D eigenvalue weighted by Crippen LogP contribution is -2.39. The van der Waals surface area contributed by atoms with E-state index in [4.69, 9.17) is 0 Å². The van der Waals surface area contributed by atoms with Gasteiger partial charge in [0.1, 0.15) is 17.8 Å². The van der Waals surface area contributed by atoms with Gasteiger partial charge in [-0.25, -0.2) is 9.37 Å². The Hall–Kier alpha value is -2.70. The van der Waals surface area contributed by atoms with Crippen LogP contribution in [0.15, 0.2) is 42.6 Å². The first-order valence-electron chi connectivity index (χ1n) is 7.49. The summed E-state index contributed by atoms with van der Waals surface area (Å²) in [6, 6.07) is 9.85. The lowest BCUT2D eigenvalue weighted by atomic mass is 10.0. The van der Waals surface area contributed by atoms with E-state index in [-0.39, 0.29) is 11.5 Å². The molecule has 0 amide bonds. The Balaban J connectivity index is 1.55. The van der Waals surface area contributed by atoms with E-state index in [1.165, 1.54) is 24.4 Å². The fraction of sp³-hybridized carbons (Fsp3) is 0.312. The van der Waals surface area contributed by atoms with Crippen LogP contribution in [0.25, 0.3) is 0 Å². The van der Waals surface area contributed by atoms with Crippen LogP contribution in [0.2, 0.25) is 0 Å². The SMILES string of the molecule is O=[N+]([O-])c1ccc(N2CCC(Nc3ccc(F)cc3)CC2)nc1. The van der Waals surface area contributed by atoms with Gasteiger partial charge < -0.3 is 10.2 Å². The summed E-state index contributed by atoms with van der Waals surface area (Å²) in [4.78, 5) is 16.5. The first kappa shape index (κ1) is 15.2. The molecular weight excluding hydrogens is 299 g/mol. The van der Waals surface area contributed by atoms with Crippen LogP contribution < -0.4 is 10.2 Å². The zero-order chi connectivity index (χ0) is 16.2. The van der Waals surface area contributed by atoms with Crippen molar-refractivity contribution in [3.8, 4) is 0 Å². The van der Waals surface area contributed by atoms with Crippen LogP contribution >= 0.6 is 0 Å². The highest BCUT2D eigenvalue weighted by molar-refractivity contribution is 5.46. The normalized spacial score (nSPS) is 15.4. The van der Waals surface area contributed by atoms with Crippen molar-refractivity contribution in [2.45, 2.75) is 18.9 Å². The van der Waals surface area contributed by atoms with E-state index in [2.05, 4.69) is 15.2 Å². The van der Waals surface area contributed by atoms with Crippen molar-refractivity contribution in [1.29, 1.82) is 0 Å². The number of piperidine rings is 1. The van der Waals surface area contributed by atoms with E-state index >= 15 is 0 Å². The Morgan fingerprint density at radius 2 is 1.87 bits per heavy atom. The number of nitrogens with one attached hydrogen (secondary N) is 1. The maximum Gasteiger partial charge on any atom is 0.287 e. The molecule has 2 heterocycles. The average molecular weight is 316 g/mol. The van der Waals surface area contributed by atoms with Gasteiger partial charge in [0.05, 0.1) is 4.92 Å². The van der Waals surface area contributed by atoms with Crippen LogP contribution in [0, 0.1) is 15.9 Å². The molecule has 7 heteroatoms. The first-order valence-corrected chi connectivity index (χ1v) is 7.49. The maximum atomic E-state index is 12.9. The zero-order valence-electron chi connectivity index (χ0n) is 12.5. The summed E-state index contributed by atoms with van der Waals surface area (Å²) < 4.78 is 12.9. The number of anilines is 2. The topological polar surface area (TPSA) is 71.3 Å². The summed E-state index contributed by atoms with van der Waals surface area (Å²) in [7, 11) is 0. The molecule has 0 bridgehead atoms. The molecule has 0 aliphatic carbocycles. The van der Waals surface area contributed by atoms with Gasteiger partial charge in [0.2, 0.25) is 0 Å². The Morgan fingerprint density at radius 1 is 1.17 bits per heavy atom. The van der Waals surface area contributed by atoms with Gasteiger partial charge in [-0.3, -0.25) is 10.1 Å². The van der Waals surface area contributed by atoms with Gasteiger partial charge in [-0.1, -0.05) is 0 Å². The molecule has 0 atom stereocenters. The fourth-order valence-corrected chi connectivity index (χ4v) is 2.71. The molecule has 0 radical (unpaired) electrons. The molecule has 1 aromatic carbocycles. The molecule has 0 unspecified atom stereocenters. The van der Waals surface area contributed by atoms with Gasteiger partial charge in [-0.2, -0.15) is 0 Å². The molecule has 1 N–H and O–H groups in total. The quantitative estimate of drug-likeness (QED) is 0.693. The number of hydrogen-bond donors (Lipinski definition) is 1. The second kappa shape index (κ2) is 6.60. The summed E-state index contributed by atoms with van der Waals surface area (Å²) in [5.74, 6) is 0.519. The summed E-state index contributed by atoms with van der Waals surface area (Å²) in [6.07, 6.45) is 3.14. The number of benzene rings is 1. The fourth-order valence-electron chi connectivity index (χ4n) is 2.71. The van der Waals surface area contributed by atoms with E-state index in [1.54, 1.807) is 18.2 Å². The Bertz CT molecular complexity index is 667. The van der Waals surface area contributed by atoms with Crippen molar-refractivity contribution in [3.63, 3.8) is 0 Å². The van der Waals surface area contributed by atoms with Crippen LogP contribution in [-0.4, -0.2) is 29.0 Å². The minimum atomic E-state index is -0.449. The number of rotatable bonds is 4. The number of halogens is 1. The van der Waals surface area contributed by atoms with Gasteiger partial charge in [0.25, 0.3) is 5.69 Å². The highest BCUT2D eigenvalue weighted by Gasteiger charge is 2.20. The van der Waals surface area contributed by atoms with Gasteiger partial charge >= 0.3 is 0 Å². The lowest BCUT2D eigenvalue weighted by Gasteiger charge is -2.33. The maximum absolute atomic E-state index is 12.9. The molecule has 0 saturated carbocycles. The molecular formula is C16H17FN4O2. The highest BCUT2D eigenvalue weighted by Crippen LogP contribution is 2.22. The minimum absolute atomic E-state index is 0.00149. The molecule has 23 heavy (non-hydrogen) atoms. The van der Waals surface area contributed by atoms with Gasteiger partial charge in [0, 0.05) is 30.9 Å². The van der Waals surface area contributed by atoms with E-state index in [0.29, 0.717) is 6.04 Å². The molecule has 1 fully saturated rings. The third-order valence-electron chi connectivity index (χ3n) is 3.98. The molecule has 1 aliphatic heterocycles. The van der Waals surface area contributed by atoms with E-state index in [1.807, 2.05) is 0 Å². The van der Waals surface area contributed by atoms with Crippen molar-refractivity contribution in [3.05, 3.63) is 58.5 Å². The van der Waals surface area contributed by atoms with Gasteiger partial charge in [0.15, 0.2) is 0 Å². The molecule has 1 saturated heterocycles. The summed E-state index contributed by atoms with van der Waals surface area (Å²) in [5.41, 5.74) is 0.917. The number of aromatic nitrogens is 1. The highest BCUT2D eigenvalue weighted by atomic mass is 19.1.